The summed E-state index contributed by atoms with van der Waals surface area (Å²) in [7, 11) is 0. The standard InChI is InChI=1S/C17H23FN2O2S/c18-14-4-1-3-13(11-14)16(21)12-20-6-2-5-15(20)17(22)19-7-9-23-10-8-19/h1,3-4,11,15-16,21H,2,5-10,12H2. The Bertz CT molecular complexity index is 551. The van der Waals surface area contributed by atoms with Gasteiger partial charge in [-0.05, 0) is 37.1 Å². The van der Waals surface area contributed by atoms with E-state index in [1.807, 2.05) is 16.7 Å². The zero-order chi connectivity index (χ0) is 16.2. The zero-order valence-electron chi connectivity index (χ0n) is 13.2. The van der Waals surface area contributed by atoms with Crippen LogP contribution >= 0.6 is 11.8 Å². The molecule has 2 fully saturated rings. The van der Waals surface area contributed by atoms with Gasteiger partial charge in [-0.3, -0.25) is 9.69 Å². The van der Waals surface area contributed by atoms with Crippen molar-refractivity contribution in [2.75, 3.05) is 37.7 Å². The molecular formula is C17H23FN2O2S. The summed E-state index contributed by atoms with van der Waals surface area (Å²) >= 11 is 1.89. The van der Waals surface area contributed by atoms with Crippen LogP contribution in [-0.2, 0) is 4.79 Å². The maximum absolute atomic E-state index is 13.3. The number of amides is 1. The van der Waals surface area contributed by atoms with Crippen molar-refractivity contribution in [2.24, 2.45) is 0 Å². The summed E-state index contributed by atoms with van der Waals surface area (Å²) in [5.41, 5.74) is 0.567. The summed E-state index contributed by atoms with van der Waals surface area (Å²) in [5.74, 6) is 1.85. The number of thioether (sulfide) groups is 1. The lowest BCUT2D eigenvalue weighted by Crippen LogP contribution is -2.49. The highest BCUT2D eigenvalue weighted by atomic mass is 32.2. The van der Waals surface area contributed by atoms with Crippen LogP contribution in [0.5, 0.6) is 0 Å². The molecule has 2 aliphatic rings. The molecule has 23 heavy (non-hydrogen) atoms. The van der Waals surface area contributed by atoms with Crippen molar-refractivity contribution in [2.45, 2.75) is 25.0 Å². The number of hydrogen-bond donors (Lipinski definition) is 1. The predicted octanol–water partition coefficient (Wildman–Crippen LogP) is 1.90. The average molecular weight is 338 g/mol. The van der Waals surface area contributed by atoms with E-state index >= 15 is 0 Å². The molecule has 1 aromatic carbocycles. The molecule has 2 unspecified atom stereocenters. The third kappa shape index (κ3) is 4.05. The second-order valence-corrected chi connectivity index (χ2v) is 7.39. The van der Waals surface area contributed by atoms with Crippen LogP contribution in [0.4, 0.5) is 4.39 Å². The van der Waals surface area contributed by atoms with E-state index in [1.54, 1.807) is 12.1 Å². The molecule has 1 amide bonds. The summed E-state index contributed by atoms with van der Waals surface area (Å²) in [6.45, 7) is 2.83. The molecule has 0 spiro atoms. The minimum atomic E-state index is -0.768. The van der Waals surface area contributed by atoms with Gasteiger partial charge in [-0.15, -0.1) is 0 Å². The summed E-state index contributed by atoms with van der Waals surface area (Å²) in [4.78, 5) is 16.7. The van der Waals surface area contributed by atoms with Gasteiger partial charge in [0, 0.05) is 31.1 Å². The molecule has 2 heterocycles. The lowest BCUT2D eigenvalue weighted by molar-refractivity contribution is -0.136. The Kier molecular flexibility index (Phi) is 5.56. The molecule has 126 valence electrons. The lowest BCUT2D eigenvalue weighted by atomic mass is 10.1. The molecule has 0 bridgehead atoms. The highest BCUT2D eigenvalue weighted by Gasteiger charge is 2.35. The third-order valence-corrected chi connectivity index (χ3v) is 5.55. The first-order chi connectivity index (χ1) is 11.1. The van der Waals surface area contributed by atoms with Crippen molar-refractivity contribution < 1.29 is 14.3 Å². The van der Waals surface area contributed by atoms with E-state index in [4.69, 9.17) is 0 Å². The van der Waals surface area contributed by atoms with Gasteiger partial charge in [0.15, 0.2) is 0 Å². The number of likely N-dealkylation sites (tertiary alicyclic amines) is 1. The number of rotatable bonds is 4. The maximum Gasteiger partial charge on any atom is 0.239 e. The molecule has 0 radical (unpaired) electrons. The van der Waals surface area contributed by atoms with E-state index in [0.717, 1.165) is 44.0 Å². The Balaban J connectivity index is 1.63. The van der Waals surface area contributed by atoms with Crippen molar-refractivity contribution in [3.05, 3.63) is 35.6 Å². The number of halogens is 1. The minimum Gasteiger partial charge on any atom is -0.387 e. The fraction of sp³-hybridized carbons (Fsp3) is 0.588. The van der Waals surface area contributed by atoms with Gasteiger partial charge in [-0.25, -0.2) is 4.39 Å². The monoisotopic (exact) mass is 338 g/mol. The summed E-state index contributed by atoms with van der Waals surface area (Å²) in [6.07, 6.45) is 1.05. The zero-order valence-corrected chi connectivity index (χ0v) is 14.0. The molecular weight excluding hydrogens is 315 g/mol. The Morgan fingerprint density at radius 3 is 2.87 bits per heavy atom. The Morgan fingerprint density at radius 2 is 2.13 bits per heavy atom. The lowest BCUT2D eigenvalue weighted by Gasteiger charge is -2.33. The van der Waals surface area contributed by atoms with Crippen LogP contribution in [0.2, 0.25) is 0 Å². The molecule has 6 heteroatoms. The van der Waals surface area contributed by atoms with E-state index in [9.17, 15) is 14.3 Å². The second kappa shape index (κ2) is 7.64. The first-order valence-corrected chi connectivity index (χ1v) is 9.35. The number of aliphatic hydroxyl groups is 1. The fourth-order valence-electron chi connectivity index (χ4n) is 3.36. The SMILES string of the molecule is O=C(C1CCCN1CC(O)c1cccc(F)c1)N1CCSCC1. The molecule has 2 aliphatic heterocycles. The van der Waals surface area contributed by atoms with Gasteiger partial charge in [-0.1, -0.05) is 12.1 Å². The van der Waals surface area contributed by atoms with Crippen LogP contribution in [0.15, 0.2) is 24.3 Å². The molecule has 0 aliphatic carbocycles. The number of benzene rings is 1. The number of carbonyl (C=O) groups excluding carboxylic acids is 1. The summed E-state index contributed by atoms with van der Waals surface area (Å²) in [6, 6.07) is 5.92. The van der Waals surface area contributed by atoms with Crippen molar-refractivity contribution in [3.8, 4) is 0 Å². The van der Waals surface area contributed by atoms with Crippen LogP contribution in [0, 0.1) is 5.82 Å². The fourth-order valence-corrected chi connectivity index (χ4v) is 4.26. The molecule has 1 aromatic rings. The van der Waals surface area contributed by atoms with E-state index in [0.29, 0.717) is 12.1 Å². The van der Waals surface area contributed by atoms with Crippen molar-refractivity contribution in [1.82, 2.24) is 9.80 Å². The summed E-state index contributed by atoms with van der Waals surface area (Å²) in [5, 5.41) is 10.4. The molecule has 0 aromatic heterocycles. The molecule has 1 N–H and O–H groups in total. The first-order valence-electron chi connectivity index (χ1n) is 8.19. The van der Waals surface area contributed by atoms with Gasteiger partial charge < -0.3 is 10.0 Å². The third-order valence-electron chi connectivity index (χ3n) is 4.61. The number of β-amino-alcohol motifs (C(OH)–C–C–N with tert-alkyl or cyclic N) is 1. The predicted molar refractivity (Wildman–Crippen MR) is 89.9 cm³/mol. The molecule has 0 saturated carbocycles. The smallest absolute Gasteiger partial charge is 0.239 e. The normalized spacial score (nSPS) is 23.9. The number of nitrogens with zero attached hydrogens (tertiary/aromatic N) is 2. The van der Waals surface area contributed by atoms with E-state index < -0.39 is 6.10 Å². The quantitative estimate of drug-likeness (QED) is 0.911. The molecule has 4 nitrogen and oxygen atoms in total. The van der Waals surface area contributed by atoms with E-state index in [-0.39, 0.29) is 17.8 Å². The number of hydrogen-bond acceptors (Lipinski definition) is 4. The topological polar surface area (TPSA) is 43.8 Å². The largest absolute Gasteiger partial charge is 0.387 e. The highest BCUT2D eigenvalue weighted by Crippen LogP contribution is 2.24. The van der Waals surface area contributed by atoms with Gasteiger partial charge in [0.25, 0.3) is 0 Å². The van der Waals surface area contributed by atoms with Crippen LogP contribution in [0.3, 0.4) is 0 Å². The maximum atomic E-state index is 13.3. The highest BCUT2D eigenvalue weighted by molar-refractivity contribution is 7.99. The van der Waals surface area contributed by atoms with Gasteiger partial charge >= 0.3 is 0 Å². The second-order valence-electron chi connectivity index (χ2n) is 6.16. The van der Waals surface area contributed by atoms with E-state index in [1.165, 1.54) is 12.1 Å². The van der Waals surface area contributed by atoms with Gasteiger partial charge in [0.2, 0.25) is 5.91 Å². The average Bonchev–Trinajstić information content (AvgIpc) is 3.03. The van der Waals surface area contributed by atoms with Crippen LogP contribution in [0.1, 0.15) is 24.5 Å². The van der Waals surface area contributed by atoms with Crippen LogP contribution < -0.4 is 0 Å². The van der Waals surface area contributed by atoms with Gasteiger partial charge in [0.05, 0.1) is 12.1 Å². The van der Waals surface area contributed by atoms with E-state index in [2.05, 4.69) is 4.90 Å². The van der Waals surface area contributed by atoms with Crippen LogP contribution in [-0.4, -0.2) is 64.5 Å². The van der Waals surface area contributed by atoms with Gasteiger partial charge in [0.1, 0.15) is 5.82 Å². The van der Waals surface area contributed by atoms with Crippen molar-refractivity contribution in [3.63, 3.8) is 0 Å². The number of carbonyl (C=O) groups is 1. The Labute approximate surface area is 140 Å². The molecule has 2 saturated heterocycles. The van der Waals surface area contributed by atoms with Crippen molar-refractivity contribution in [1.29, 1.82) is 0 Å². The Hall–Kier alpha value is -1.11. The number of aliphatic hydroxyl groups excluding tert-OH is 1. The van der Waals surface area contributed by atoms with Crippen molar-refractivity contribution >= 4 is 17.7 Å². The molecule has 3 rings (SSSR count). The van der Waals surface area contributed by atoms with Crippen LogP contribution in [0.25, 0.3) is 0 Å². The van der Waals surface area contributed by atoms with Gasteiger partial charge in [-0.2, -0.15) is 11.8 Å². The summed E-state index contributed by atoms with van der Waals surface area (Å²) < 4.78 is 13.3. The minimum absolute atomic E-state index is 0.138. The first kappa shape index (κ1) is 16.7. The molecule has 2 atom stereocenters. The Morgan fingerprint density at radius 1 is 1.35 bits per heavy atom.